The molecule has 1 atom stereocenters. The van der Waals surface area contributed by atoms with E-state index in [1.165, 1.54) is 5.57 Å². The van der Waals surface area contributed by atoms with Crippen molar-refractivity contribution in [3.8, 4) is 0 Å². The van der Waals surface area contributed by atoms with Gasteiger partial charge in [-0.2, -0.15) is 0 Å². The molecule has 0 radical (unpaired) electrons. The van der Waals surface area contributed by atoms with Crippen LogP contribution in [0.4, 0.5) is 0 Å². The van der Waals surface area contributed by atoms with E-state index in [-0.39, 0.29) is 0 Å². The molecule has 0 spiro atoms. The number of aliphatic hydroxyl groups is 1. The molecular formula is C14H17Cl2NO2. The van der Waals surface area contributed by atoms with Gasteiger partial charge in [0.2, 0.25) is 0 Å². The number of ether oxygens (including phenoxy) is 1. The number of hydrogen-bond donors (Lipinski definition) is 2. The quantitative estimate of drug-likeness (QED) is 0.822. The normalized spacial score (nSPS) is 17.1. The van der Waals surface area contributed by atoms with E-state index in [1.54, 1.807) is 18.2 Å². The lowest BCUT2D eigenvalue weighted by Crippen LogP contribution is -2.26. The van der Waals surface area contributed by atoms with Gasteiger partial charge in [-0.05, 0) is 35.8 Å². The van der Waals surface area contributed by atoms with Crippen molar-refractivity contribution in [3.63, 3.8) is 0 Å². The first-order valence-electron chi connectivity index (χ1n) is 6.25. The highest BCUT2D eigenvalue weighted by atomic mass is 35.5. The Labute approximate surface area is 123 Å². The summed E-state index contributed by atoms with van der Waals surface area (Å²) < 4.78 is 5.35. The molecule has 1 aliphatic heterocycles. The van der Waals surface area contributed by atoms with Crippen molar-refractivity contribution in [2.45, 2.75) is 12.5 Å². The molecule has 1 aromatic carbocycles. The van der Waals surface area contributed by atoms with Crippen LogP contribution in [0.3, 0.4) is 0 Å². The van der Waals surface area contributed by atoms with E-state index in [4.69, 9.17) is 27.9 Å². The third kappa shape index (κ3) is 4.79. The number of hydrogen-bond acceptors (Lipinski definition) is 3. The van der Waals surface area contributed by atoms with Crippen LogP contribution in [-0.4, -0.2) is 31.4 Å². The van der Waals surface area contributed by atoms with Gasteiger partial charge in [0, 0.05) is 23.1 Å². The van der Waals surface area contributed by atoms with Crippen molar-refractivity contribution < 1.29 is 9.84 Å². The molecule has 0 aromatic heterocycles. The lowest BCUT2D eigenvalue weighted by atomic mass is 10.1. The van der Waals surface area contributed by atoms with Crippen LogP contribution < -0.4 is 5.32 Å². The minimum Gasteiger partial charge on any atom is -0.387 e. The third-order valence-corrected chi connectivity index (χ3v) is 3.38. The maximum absolute atomic E-state index is 10.1. The molecule has 19 heavy (non-hydrogen) atoms. The molecule has 0 saturated heterocycles. The molecule has 1 aliphatic rings. The molecule has 3 nitrogen and oxygen atoms in total. The third-order valence-electron chi connectivity index (χ3n) is 2.94. The fourth-order valence-electron chi connectivity index (χ4n) is 1.99. The summed E-state index contributed by atoms with van der Waals surface area (Å²) in [6.45, 7) is 2.65. The summed E-state index contributed by atoms with van der Waals surface area (Å²) in [5.74, 6) is 0. The summed E-state index contributed by atoms with van der Waals surface area (Å²) in [6.07, 6.45) is 2.52. The molecule has 5 heteroatoms. The second-order valence-electron chi connectivity index (χ2n) is 4.55. The minimum atomic E-state index is -0.624. The maximum Gasteiger partial charge on any atom is 0.0915 e. The molecule has 0 amide bonds. The van der Waals surface area contributed by atoms with Gasteiger partial charge in [-0.3, -0.25) is 0 Å². The van der Waals surface area contributed by atoms with Gasteiger partial charge in [0.15, 0.2) is 0 Å². The first-order chi connectivity index (χ1) is 9.15. The summed E-state index contributed by atoms with van der Waals surface area (Å²) >= 11 is 11.8. The standard InChI is InChI=1S/C14H17Cl2NO2/c15-12-4-11(5-13(16)6-12)14(18)8-17-7-10-2-1-3-19-9-10/h2,4-6,14,17-18H,1,3,7-9H2. The van der Waals surface area contributed by atoms with Crippen LogP contribution in [0.15, 0.2) is 29.8 Å². The average molecular weight is 302 g/mol. The lowest BCUT2D eigenvalue weighted by Gasteiger charge is -2.16. The molecule has 1 heterocycles. The summed E-state index contributed by atoms with van der Waals surface area (Å²) in [4.78, 5) is 0. The Morgan fingerprint density at radius 3 is 2.63 bits per heavy atom. The molecule has 104 valence electrons. The van der Waals surface area contributed by atoms with E-state index in [2.05, 4.69) is 11.4 Å². The van der Waals surface area contributed by atoms with Crippen LogP contribution in [0.25, 0.3) is 0 Å². The Bertz CT molecular complexity index is 443. The first kappa shape index (κ1) is 14.8. The van der Waals surface area contributed by atoms with Gasteiger partial charge in [0.25, 0.3) is 0 Å². The van der Waals surface area contributed by atoms with Crippen LogP contribution in [0.2, 0.25) is 10.0 Å². The van der Waals surface area contributed by atoms with Crippen molar-refractivity contribution in [2.75, 3.05) is 26.3 Å². The number of aliphatic hydroxyl groups excluding tert-OH is 1. The lowest BCUT2D eigenvalue weighted by molar-refractivity contribution is 0.146. The number of nitrogens with one attached hydrogen (secondary N) is 1. The second kappa shape index (κ2) is 7.27. The van der Waals surface area contributed by atoms with E-state index in [9.17, 15) is 5.11 Å². The molecule has 0 fully saturated rings. The van der Waals surface area contributed by atoms with E-state index < -0.39 is 6.10 Å². The smallest absolute Gasteiger partial charge is 0.0915 e. The predicted molar refractivity (Wildman–Crippen MR) is 77.8 cm³/mol. The number of benzene rings is 1. The van der Waals surface area contributed by atoms with E-state index in [0.717, 1.165) is 25.1 Å². The Balaban J connectivity index is 1.83. The summed E-state index contributed by atoms with van der Waals surface area (Å²) in [5.41, 5.74) is 1.95. The van der Waals surface area contributed by atoms with Gasteiger partial charge >= 0.3 is 0 Å². The summed E-state index contributed by atoms with van der Waals surface area (Å²) in [6, 6.07) is 5.10. The molecule has 0 aliphatic carbocycles. The molecule has 1 aromatic rings. The fourth-order valence-corrected chi connectivity index (χ4v) is 2.53. The SMILES string of the molecule is OC(CNCC1=CCCOC1)c1cc(Cl)cc(Cl)c1. The van der Waals surface area contributed by atoms with Crippen LogP contribution in [0.1, 0.15) is 18.1 Å². The second-order valence-corrected chi connectivity index (χ2v) is 5.43. The van der Waals surface area contributed by atoms with Crippen LogP contribution in [0, 0.1) is 0 Å². The highest BCUT2D eigenvalue weighted by Crippen LogP contribution is 2.23. The Kier molecular flexibility index (Phi) is 5.67. The molecule has 1 unspecified atom stereocenters. The molecule has 0 bridgehead atoms. The van der Waals surface area contributed by atoms with Crippen LogP contribution in [-0.2, 0) is 4.74 Å². The van der Waals surface area contributed by atoms with Crippen LogP contribution in [0.5, 0.6) is 0 Å². The molecular weight excluding hydrogens is 285 g/mol. The number of halogens is 2. The van der Waals surface area contributed by atoms with Gasteiger partial charge in [0.05, 0.1) is 19.3 Å². The molecule has 2 N–H and O–H groups in total. The highest BCUT2D eigenvalue weighted by Gasteiger charge is 2.10. The molecule has 0 saturated carbocycles. The zero-order valence-electron chi connectivity index (χ0n) is 10.5. The van der Waals surface area contributed by atoms with Gasteiger partial charge in [-0.15, -0.1) is 0 Å². The zero-order chi connectivity index (χ0) is 13.7. The van der Waals surface area contributed by atoms with Crippen molar-refractivity contribution in [3.05, 3.63) is 45.5 Å². The largest absolute Gasteiger partial charge is 0.387 e. The van der Waals surface area contributed by atoms with E-state index in [0.29, 0.717) is 23.2 Å². The Hall–Kier alpha value is -0.580. The Morgan fingerprint density at radius 2 is 2.00 bits per heavy atom. The maximum atomic E-state index is 10.1. The first-order valence-corrected chi connectivity index (χ1v) is 7.01. The summed E-state index contributed by atoms with van der Waals surface area (Å²) in [7, 11) is 0. The fraction of sp³-hybridized carbons (Fsp3) is 0.429. The summed E-state index contributed by atoms with van der Waals surface area (Å²) in [5, 5.41) is 14.3. The van der Waals surface area contributed by atoms with E-state index in [1.807, 2.05) is 0 Å². The van der Waals surface area contributed by atoms with Gasteiger partial charge in [0.1, 0.15) is 0 Å². The topological polar surface area (TPSA) is 41.5 Å². The van der Waals surface area contributed by atoms with Crippen molar-refractivity contribution >= 4 is 23.2 Å². The van der Waals surface area contributed by atoms with Gasteiger partial charge < -0.3 is 15.2 Å². The monoisotopic (exact) mass is 301 g/mol. The van der Waals surface area contributed by atoms with Crippen molar-refractivity contribution in [1.29, 1.82) is 0 Å². The molecule has 2 rings (SSSR count). The average Bonchev–Trinajstić information content (AvgIpc) is 2.38. The van der Waals surface area contributed by atoms with Crippen molar-refractivity contribution in [1.82, 2.24) is 5.32 Å². The van der Waals surface area contributed by atoms with E-state index >= 15 is 0 Å². The van der Waals surface area contributed by atoms with Gasteiger partial charge in [-0.1, -0.05) is 29.3 Å². The van der Waals surface area contributed by atoms with Crippen LogP contribution >= 0.6 is 23.2 Å². The zero-order valence-corrected chi connectivity index (χ0v) is 12.0. The minimum absolute atomic E-state index is 0.452. The Morgan fingerprint density at radius 1 is 1.26 bits per heavy atom. The number of rotatable bonds is 5. The van der Waals surface area contributed by atoms with Crippen molar-refractivity contribution in [2.24, 2.45) is 0 Å². The highest BCUT2D eigenvalue weighted by molar-refractivity contribution is 6.34. The predicted octanol–water partition coefficient (Wildman–Crippen LogP) is 2.96. The van der Waals surface area contributed by atoms with Gasteiger partial charge in [-0.25, -0.2) is 0 Å².